The first kappa shape index (κ1) is 13.2. The van der Waals surface area contributed by atoms with Gasteiger partial charge in [-0.25, -0.2) is 4.39 Å². The third-order valence-corrected chi connectivity index (χ3v) is 3.54. The molecule has 20 heavy (non-hydrogen) atoms. The van der Waals surface area contributed by atoms with Gasteiger partial charge < -0.3 is 5.32 Å². The van der Waals surface area contributed by atoms with E-state index >= 15 is 0 Å². The Morgan fingerprint density at radius 2 is 1.90 bits per heavy atom. The van der Waals surface area contributed by atoms with Crippen molar-refractivity contribution in [3.63, 3.8) is 0 Å². The Morgan fingerprint density at radius 1 is 1.10 bits per heavy atom. The van der Waals surface area contributed by atoms with Crippen LogP contribution in [0.2, 0.25) is 10.0 Å². The zero-order valence-corrected chi connectivity index (χ0v) is 11.6. The summed E-state index contributed by atoms with van der Waals surface area (Å²) in [5, 5.41) is 3.31. The van der Waals surface area contributed by atoms with Gasteiger partial charge in [-0.1, -0.05) is 35.3 Å². The van der Waals surface area contributed by atoms with Crippen molar-refractivity contribution in [3.05, 3.63) is 63.4 Å². The number of nitrogens with one attached hydrogen (secondary N) is 1. The van der Waals surface area contributed by atoms with Crippen molar-refractivity contribution >= 4 is 46.4 Å². The summed E-state index contributed by atoms with van der Waals surface area (Å²) >= 11 is 11.6. The fraction of sp³-hybridized carbons (Fsp3) is 0. The number of hydrogen-bond acceptors (Lipinski definition) is 1. The molecule has 0 aromatic heterocycles. The normalized spacial score (nSPS) is 15.3. The number of rotatable bonds is 1. The molecule has 0 bridgehead atoms. The molecular formula is C15H8Cl2FNO. The molecule has 0 saturated carbocycles. The summed E-state index contributed by atoms with van der Waals surface area (Å²) in [6, 6.07) is 9.48. The van der Waals surface area contributed by atoms with E-state index in [0.717, 1.165) is 5.56 Å². The molecule has 0 aliphatic carbocycles. The first-order valence-corrected chi connectivity index (χ1v) is 6.58. The van der Waals surface area contributed by atoms with Crippen LogP contribution in [-0.2, 0) is 4.79 Å². The molecule has 1 N–H and O–H groups in total. The fourth-order valence-electron chi connectivity index (χ4n) is 2.08. The molecule has 2 aromatic rings. The van der Waals surface area contributed by atoms with Gasteiger partial charge in [0.2, 0.25) is 0 Å². The Hall–Kier alpha value is -1.84. The van der Waals surface area contributed by atoms with Gasteiger partial charge in [-0.05, 0) is 35.9 Å². The number of benzene rings is 2. The third kappa shape index (κ3) is 2.30. The van der Waals surface area contributed by atoms with E-state index in [1.54, 1.807) is 30.3 Å². The zero-order chi connectivity index (χ0) is 14.3. The summed E-state index contributed by atoms with van der Waals surface area (Å²) in [5.74, 6) is -0.709. The summed E-state index contributed by atoms with van der Waals surface area (Å²) < 4.78 is 13.1. The minimum atomic E-state index is -0.489. The van der Waals surface area contributed by atoms with Gasteiger partial charge in [-0.3, -0.25) is 4.79 Å². The van der Waals surface area contributed by atoms with Crippen LogP contribution in [0.5, 0.6) is 0 Å². The van der Waals surface area contributed by atoms with Gasteiger partial charge in [-0.2, -0.15) is 0 Å². The molecule has 0 radical (unpaired) electrons. The third-order valence-electron chi connectivity index (χ3n) is 3.02. The van der Waals surface area contributed by atoms with E-state index in [9.17, 15) is 9.18 Å². The van der Waals surface area contributed by atoms with E-state index in [1.165, 1.54) is 12.1 Å². The molecule has 0 unspecified atom stereocenters. The molecule has 2 aromatic carbocycles. The number of anilines is 1. The molecule has 1 amide bonds. The topological polar surface area (TPSA) is 29.1 Å². The average Bonchev–Trinajstić information content (AvgIpc) is 2.69. The molecule has 1 aliphatic rings. The van der Waals surface area contributed by atoms with Crippen molar-refractivity contribution in [3.8, 4) is 0 Å². The standard InChI is InChI=1S/C15H8Cl2FNO/c16-9-2-3-10-11(15(20)19-14(10)7-9)5-8-1-4-13(18)12(17)6-8/h1-7H,(H,19,20)/b11-5-. The lowest BCUT2D eigenvalue weighted by Gasteiger charge is -2.00. The fourth-order valence-corrected chi connectivity index (χ4v) is 2.44. The van der Waals surface area contributed by atoms with Crippen molar-refractivity contribution < 1.29 is 9.18 Å². The van der Waals surface area contributed by atoms with Gasteiger partial charge in [0.15, 0.2) is 0 Å². The first-order valence-electron chi connectivity index (χ1n) is 5.82. The van der Waals surface area contributed by atoms with Crippen LogP contribution in [0.3, 0.4) is 0 Å². The summed E-state index contributed by atoms with van der Waals surface area (Å²) in [6.45, 7) is 0. The van der Waals surface area contributed by atoms with Crippen molar-refractivity contribution in [1.82, 2.24) is 0 Å². The van der Waals surface area contributed by atoms with Gasteiger partial charge >= 0.3 is 0 Å². The van der Waals surface area contributed by atoms with Crippen molar-refractivity contribution in [1.29, 1.82) is 0 Å². The smallest absolute Gasteiger partial charge is 0.256 e. The SMILES string of the molecule is O=C1Nc2cc(Cl)ccc2/C1=C/c1ccc(F)c(Cl)c1. The van der Waals surface area contributed by atoms with Gasteiger partial charge in [-0.15, -0.1) is 0 Å². The lowest BCUT2D eigenvalue weighted by Crippen LogP contribution is -2.03. The first-order chi connectivity index (χ1) is 9.54. The van der Waals surface area contributed by atoms with Gasteiger partial charge in [0.1, 0.15) is 5.82 Å². The van der Waals surface area contributed by atoms with E-state index in [1.807, 2.05) is 0 Å². The van der Waals surface area contributed by atoms with Gasteiger partial charge in [0, 0.05) is 16.2 Å². The van der Waals surface area contributed by atoms with Crippen LogP contribution >= 0.6 is 23.2 Å². The van der Waals surface area contributed by atoms with Crippen LogP contribution < -0.4 is 5.32 Å². The Morgan fingerprint density at radius 3 is 2.65 bits per heavy atom. The summed E-state index contributed by atoms with van der Waals surface area (Å²) in [6.07, 6.45) is 1.67. The van der Waals surface area contributed by atoms with E-state index in [0.29, 0.717) is 21.8 Å². The second-order valence-electron chi connectivity index (χ2n) is 4.38. The van der Waals surface area contributed by atoms with Crippen molar-refractivity contribution in [2.75, 3.05) is 5.32 Å². The van der Waals surface area contributed by atoms with Crippen molar-refractivity contribution in [2.45, 2.75) is 0 Å². The zero-order valence-electron chi connectivity index (χ0n) is 10.1. The van der Waals surface area contributed by atoms with Crippen LogP contribution in [0.4, 0.5) is 10.1 Å². The molecule has 3 rings (SSSR count). The molecule has 2 nitrogen and oxygen atoms in total. The average molecular weight is 308 g/mol. The molecule has 0 saturated heterocycles. The molecule has 0 fully saturated rings. The number of halogens is 3. The minimum absolute atomic E-state index is 0.0223. The van der Waals surface area contributed by atoms with E-state index in [-0.39, 0.29) is 10.9 Å². The molecular weight excluding hydrogens is 300 g/mol. The maximum absolute atomic E-state index is 13.1. The number of amides is 1. The number of carbonyl (C=O) groups excluding carboxylic acids is 1. The highest BCUT2D eigenvalue weighted by molar-refractivity contribution is 6.36. The maximum Gasteiger partial charge on any atom is 0.256 e. The number of fused-ring (bicyclic) bond motifs is 1. The van der Waals surface area contributed by atoms with E-state index in [4.69, 9.17) is 23.2 Å². The largest absolute Gasteiger partial charge is 0.321 e. The van der Waals surface area contributed by atoms with Crippen LogP contribution in [0.15, 0.2) is 36.4 Å². The quantitative estimate of drug-likeness (QED) is 0.765. The summed E-state index contributed by atoms with van der Waals surface area (Å²) in [5.41, 5.74) is 2.59. The summed E-state index contributed by atoms with van der Waals surface area (Å²) in [4.78, 5) is 12.0. The molecule has 100 valence electrons. The highest BCUT2D eigenvalue weighted by Gasteiger charge is 2.24. The molecule has 1 aliphatic heterocycles. The Labute approximate surface area is 124 Å². The lowest BCUT2D eigenvalue weighted by atomic mass is 10.0. The molecule has 0 spiro atoms. The lowest BCUT2D eigenvalue weighted by molar-refractivity contribution is -0.110. The highest BCUT2D eigenvalue weighted by Crippen LogP contribution is 2.35. The van der Waals surface area contributed by atoms with Gasteiger partial charge in [0.05, 0.1) is 10.7 Å². The second-order valence-corrected chi connectivity index (χ2v) is 5.22. The Balaban J connectivity index is 2.08. The predicted molar refractivity (Wildman–Crippen MR) is 79.4 cm³/mol. The van der Waals surface area contributed by atoms with Crippen molar-refractivity contribution in [2.24, 2.45) is 0 Å². The predicted octanol–water partition coefficient (Wildman–Crippen LogP) is 4.63. The maximum atomic E-state index is 13.1. The summed E-state index contributed by atoms with van der Waals surface area (Å²) in [7, 11) is 0. The van der Waals surface area contributed by atoms with Crippen LogP contribution in [-0.4, -0.2) is 5.91 Å². The molecule has 1 heterocycles. The Bertz CT molecular complexity index is 756. The van der Waals surface area contributed by atoms with Gasteiger partial charge in [0.25, 0.3) is 5.91 Å². The minimum Gasteiger partial charge on any atom is -0.321 e. The molecule has 5 heteroatoms. The van der Waals surface area contributed by atoms with Crippen LogP contribution in [0.25, 0.3) is 11.6 Å². The Kier molecular flexibility index (Phi) is 3.24. The second kappa shape index (κ2) is 4.93. The highest BCUT2D eigenvalue weighted by atomic mass is 35.5. The number of hydrogen-bond donors (Lipinski definition) is 1. The monoisotopic (exact) mass is 307 g/mol. The molecule has 0 atom stereocenters. The van der Waals surface area contributed by atoms with Crippen LogP contribution in [0.1, 0.15) is 11.1 Å². The van der Waals surface area contributed by atoms with E-state index < -0.39 is 5.82 Å². The number of carbonyl (C=O) groups is 1. The van der Waals surface area contributed by atoms with E-state index in [2.05, 4.69) is 5.32 Å². The van der Waals surface area contributed by atoms with Crippen LogP contribution in [0, 0.1) is 5.82 Å².